The van der Waals surface area contributed by atoms with Crippen molar-refractivity contribution in [3.63, 3.8) is 0 Å². The summed E-state index contributed by atoms with van der Waals surface area (Å²) in [6, 6.07) is 17.4. The van der Waals surface area contributed by atoms with E-state index < -0.39 is 5.91 Å². The number of aromatic nitrogens is 2. The molecule has 6 nitrogen and oxygen atoms in total. The van der Waals surface area contributed by atoms with Gasteiger partial charge in [-0.3, -0.25) is 4.79 Å². The Balaban J connectivity index is 1.81. The first-order valence-electron chi connectivity index (χ1n) is 8.18. The van der Waals surface area contributed by atoms with E-state index in [1.54, 1.807) is 12.3 Å². The molecule has 26 heavy (non-hydrogen) atoms. The zero-order valence-electron chi connectivity index (χ0n) is 14.2. The fourth-order valence-electron chi connectivity index (χ4n) is 2.81. The number of amides is 1. The van der Waals surface area contributed by atoms with E-state index in [0.717, 1.165) is 16.8 Å². The molecule has 6 heteroatoms. The van der Waals surface area contributed by atoms with Gasteiger partial charge in [-0.25, -0.2) is 0 Å². The fourth-order valence-corrected chi connectivity index (χ4v) is 2.81. The maximum atomic E-state index is 11.3. The van der Waals surface area contributed by atoms with Crippen LogP contribution in [0.1, 0.15) is 27.2 Å². The van der Waals surface area contributed by atoms with Gasteiger partial charge in [-0.05, 0) is 18.2 Å². The summed E-state index contributed by atoms with van der Waals surface area (Å²) in [5, 5.41) is 11.9. The van der Waals surface area contributed by atoms with E-state index in [9.17, 15) is 4.79 Å². The highest BCUT2D eigenvalue weighted by Crippen LogP contribution is 2.06. The van der Waals surface area contributed by atoms with Crippen LogP contribution in [0, 0.1) is 0 Å². The molecule has 1 aromatic carbocycles. The van der Waals surface area contributed by atoms with Crippen molar-refractivity contribution in [1.82, 2.24) is 0 Å². The molecule has 0 bridgehead atoms. The Kier molecular flexibility index (Phi) is 5.34. The summed E-state index contributed by atoms with van der Waals surface area (Å²) in [6.07, 6.45) is 7.00. The lowest BCUT2D eigenvalue weighted by molar-refractivity contribution is -0.689. The number of primary amides is 1. The number of pyridine rings is 2. The van der Waals surface area contributed by atoms with Gasteiger partial charge in [0.1, 0.15) is 11.8 Å². The molecule has 0 radical (unpaired) electrons. The number of carbonyl (C=O) groups is 1. The second-order valence-corrected chi connectivity index (χ2v) is 5.95. The van der Waals surface area contributed by atoms with E-state index >= 15 is 0 Å². The zero-order chi connectivity index (χ0) is 18.4. The molecule has 0 saturated carbocycles. The third-order valence-corrected chi connectivity index (χ3v) is 4.02. The minimum atomic E-state index is -0.438. The summed E-state index contributed by atoms with van der Waals surface area (Å²) in [4.78, 5) is 11.3. The SMILES string of the molecule is NC(=O)c1ccc[n+](Cc2cccc(C[n+]3ccccc3/C=N/O)c2)c1. The van der Waals surface area contributed by atoms with Gasteiger partial charge in [0.15, 0.2) is 31.7 Å². The number of nitrogens with two attached hydrogens (primary N) is 1. The average Bonchev–Trinajstić information content (AvgIpc) is 2.64. The Bertz CT molecular complexity index is 954. The lowest BCUT2D eigenvalue weighted by Crippen LogP contribution is -2.38. The normalized spacial score (nSPS) is 10.9. The summed E-state index contributed by atoms with van der Waals surface area (Å²) < 4.78 is 3.93. The molecule has 2 heterocycles. The molecule has 0 atom stereocenters. The van der Waals surface area contributed by atoms with Crippen LogP contribution in [0.25, 0.3) is 0 Å². The molecule has 0 saturated heterocycles. The van der Waals surface area contributed by atoms with E-state index in [1.807, 2.05) is 64.0 Å². The standard InChI is InChI=1S/C20H18N4O2/c21-20(25)18-7-4-9-23(15-18)13-16-5-3-6-17(11-16)14-24-10-2-1-8-19(24)12-22-26/h1-12,15H,13-14H2,(H-,21,25)/p+2. The molecular formula is C20H20N4O2+2. The molecule has 3 aromatic rings. The average molecular weight is 348 g/mol. The largest absolute Gasteiger partial charge is 0.411 e. The van der Waals surface area contributed by atoms with Crippen molar-refractivity contribution in [2.24, 2.45) is 10.9 Å². The molecule has 0 aliphatic carbocycles. The molecule has 3 N–H and O–H groups in total. The van der Waals surface area contributed by atoms with Crippen LogP contribution < -0.4 is 14.9 Å². The Morgan fingerprint density at radius 1 is 1.04 bits per heavy atom. The van der Waals surface area contributed by atoms with E-state index in [4.69, 9.17) is 10.9 Å². The third kappa shape index (κ3) is 4.30. The zero-order valence-corrected chi connectivity index (χ0v) is 14.2. The van der Waals surface area contributed by atoms with Crippen molar-refractivity contribution in [2.75, 3.05) is 0 Å². The van der Waals surface area contributed by atoms with Crippen molar-refractivity contribution in [1.29, 1.82) is 0 Å². The molecule has 130 valence electrons. The topological polar surface area (TPSA) is 83.4 Å². The summed E-state index contributed by atoms with van der Waals surface area (Å²) >= 11 is 0. The van der Waals surface area contributed by atoms with Crippen LogP contribution in [0.3, 0.4) is 0 Å². The van der Waals surface area contributed by atoms with Crippen LogP contribution >= 0.6 is 0 Å². The number of oxime groups is 1. The highest BCUT2D eigenvalue weighted by molar-refractivity contribution is 5.92. The smallest absolute Gasteiger partial charge is 0.254 e. The molecule has 3 rings (SSSR count). The van der Waals surface area contributed by atoms with E-state index in [1.165, 1.54) is 6.21 Å². The second kappa shape index (κ2) is 8.02. The van der Waals surface area contributed by atoms with E-state index in [-0.39, 0.29) is 0 Å². The fraction of sp³-hybridized carbons (Fsp3) is 0.100. The summed E-state index contributed by atoms with van der Waals surface area (Å²) in [5.41, 5.74) is 8.87. The van der Waals surface area contributed by atoms with Gasteiger partial charge in [-0.2, -0.15) is 9.13 Å². The number of carbonyl (C=O) groups excluding carboxylic acids is 1. The van der Waals surface area contributed by atoms with Gasteiger partial charge >= 0.3 is 0 Å². The van der Waals surface area contributed by atoms with Crippen LogP contribution in [-0.2, 0) is 13.1 Å². The Morgan fingerprint density at radius 3 is 2.62 bits per heavy atom. The van der Waals surface area contributed by atoms with Crippen LogP contribution in [-0.4, -0.2) is 17.3 Å². The van der Waals surface area contributed by atoms with Crippen molar-refractivity contribution >= 4 is 12.1 Å². The maximum absolute atomic E-state index is 11.3. The summed E-state index contributed by atoms with van der Waals surface area (Å²) in [6.45, 7) is 1.29. The van der Waals surface area contributed by atoms with Crippen molar-refractivity contribution in [3.05, 3.63) is 95.6 Å². The highest BCUT2D eigenvalue weighted by Gasteiger charge is 2.11. The van der Waals surface area contributed by atoms with Gasteiger partial charge in [0.05, 0.1) is 0 Å². The molecule has 2 aromatic heterocycles. The van der Waals surface area contributed by atoms with Crippen LogP contribution in [0.15, 0.2) is 78.3 Å². The van der Waals surface area contributed by atoms with Gasteiger partial charge in [0, 0.05) is 29.3 Å². The van der Waals surface area contributed by atoms with Gasteiger partial charge in [-0.15, -0.1) is 0 Å². The Hall–Kier alpha value is -3.54. The number of hydrogen-bond acceptors (Lipinski definition) is 3. The predicted molar refractivity (Wildman–Crippen MR) is 95.8 cm³/mol. The highest BCUT2D eigenvalue weighted by atomic mass is 16.4. The van der Waals surface area contributed by atoms with Crippen LogP contribution in [0.5, 0.6) is 0 Å². The summed E-state index contributed by atoms with van der Waals surface area (Å²) in [7, 11) is 0. The van der Waals surface area contributed by atoms with Crippen LogP contribution in [0.4, 0.5) is 0 Å². The maximum Gasteiger partial charge on any atom is 0.254 e. The third-order valence-electron chi connectivity index (χ3n) is 4.02. The van der Waals surface area contributed by atoms with Crippen molar-refractivity contribution in [3.8, 4) is 0 Å². The number of nitrogens with zero attached hydrogens (tertiary/aromatic N) is 3. The lowest BCUT2D eigenvalue weighted by Gasteiger charge is -2.03. The molecule has 0 aliphatic rings. The molecule has 0 aliphatic heterocycles. The lowest BCUT2D eigenvalue weighted by atomic mass is 10.1. The minimum Gasteiger partial charge on any atom is -0.411 e. The number of rotatable bonds is 6. The minimum absolute atomic E-state index is 0.438. The van der Waals surface area contributed by atoms with Gasteiger partial charge in [0.2, 0.25) is 5.69 Å². The molecule has 0 fully saturated rings. The predicted octanol–water partition coefficient (Wildman–Crippen LogP) is 1.27. The summed E-state index contributed by atoms with van der Waals surface area (Å²) in [5.74, 6) is -0.438. The first-order valence-corrected chi connectivity index (χ1v) is 8.18. The molecule has 0 unspecified atom stereocenters. The monoisotopic (exact) mass is 348 g/mol. The van der Waals surface area contributed by atoms with Crippen molar-refractivity contribution < 1.29 is 19.1 Å². The Morgan fingerprint density at radius 2 is 1.85 bits per heavy atom. The molecule has 1 amide bonds. The molecule has 0 spiro atoms. The Labute approximate surface area is 151 Å². The van der Waals surface area contributed by atoms with E-state index in [2.05, 4.69) is 11.2 Å². The number of hydrogen-bond donors (Lipinski definition) is 2. The quantitative estimate of drug-likeness (QED) is 0.304. The van der Waals surface area contributed by atoms with Crippen LogP contribution in [0.2, 0.25) is 0 Å². The van der Waals surface area contributed by atoms with Gasteiger partial charge in [-0.1, -0.05) is 23.4 Å². The first kappa shape index (κ1) is 17.3. The van der Waals surface area contributed by atoms with Gasteiger partial charge < -0.3 is 10.9 Å². The second-order valence-electron chi connectivity index (χ2n) is 5.95. The van der Waals surface area contributed by atoms with Crippen molar-refractivity contribution in [2.45, 2.75) is 13.1 Å². The van der Waals surface area contributed by atoms with Gasteiger partial charge in [0.25, 0.3) is 5.91 Å². The first-order chi connectivity index (χ1) is 12.7. The van der Waals surface area contributed by atoms with E-state index in [0.29, 0.717) is 18.7 Å². The number of benzene rings is 1. The molecular weight excluding hydrogens is 328 g/mol.